The van der Waals surface area contributed by atoms with Gasteiger partial charge in [-0.15, -0.1) is 0 Å². The normalized spacial score (nSPS) is 10.4. The van der Waals surface area contributed by atoms with E-state index >= 15 is 0 Å². The lowest BCUT2D eigenvalue weighted by molar-refractivity contribution is 0.655. The Labute approximate surface area is 70.5 Å². The first-order valence-electron chi connectivity index (χ1n) is 3.80. The van der Waals surface area contributed by atoms with Gasteiger partial charge in [-0.2, -0.15) is 5.10 Å². The maximum absolute atomic E-state index is 4.12. The Hall–Kier alpha value is -1.58. The van der Waals surface area contributed by atoms with Gasteiger partial charge < -0.3 is 4.57 Å². The van der Waals surface area contributed by atoms with Crippen LogP contribution in [0.4, 0.5) is 0 Å². The molecule has 0 aliphatic carbocycles. The number of aromatic nitrogens is 4. The van der Waals surface area contributed by atoms with Gasteiger partial charge in [-0.25, -0.2) is 4.98 Å². The first-order chi connectivity index (χ1) is 5.86. The molecule has 0 saturated carbocycles. The Morgan fingerprint density at radius 3 is 2.67 bits per heavy atom. The maximum Gasteiger partial charge on any atom is 0.146 e. The van der Waals surface area contributed by atoms with Crippen molar-refractivity contribution in [1.29, 1.82) is 0 Å². The highest BCUT2D eigenvalue weighted by molar-refractivity contribution is 4.94. The second-order valence-corrected chi connectivity index (χ2v) is 2.66. The predicted octanol–water partition coefficient (Wildman–Crippen LogP) is 0.665. The third-order valence-corrected chi connectivity index (χ3v) is 1.80. The minimum atomic E-state index is 0.781. The van der Waals surface area contributed by atoms with Gasteiger partial charge in [0.25, 0.3) is 0 Å². The summed E-state index contributed by atoms with van der Waals surface area (Å²) in [4.78, 5) is 4.12. The minimum absolute atomic E-state index is 0.781. The monoisotopic (exact) mass is 162 g/mol. The van der Waals surface area contributed by atoms with Crippen molar-refractivity contribution in [3.8, 4) is 0 Å². The van der Waals surface area contributed by atoms with Crippen molar-refractivity contribution in [1.82, 2.24) is 19.3 Å². The van der Waals surface area contributed by atoms with Crippen molar-refractivity contribution >= 4 is 0 Å². The molecule has 0 aromatic carbocycles. The van der Waals surface area contributed by atoms with Crippen LogP contribution in [0.25, 0.3) is 0 Å². The summed E-state index contributed by atoms with van der Waals surface area (Å²) in [5, 5.41) is 3.99. The lowest BCUT2D eigenvalue weighted by Crippen LogP contribution is -2.04. The van der Waals surface area contributed by atoms with Crippen molar-refractivity contribution in [2.45, 2.75) is 6.54 Å². The van der Waals surface area contributed by atoms with E-state index in [1.807, 2.05) is 31.6 Å². The lowest BCUT2D eigenvalue weighted by atomic mass is 10.6. The number of nitrogens with zero attached hydrogens (tertiary/aromatic N) is 4. The summed E-state index contributed by atoms with van der Waals surface area (Å²) in [6.07, 6.45) is 5.59. The summed E-state index contributed by atoms with van der Waals surface area (Å²) in [6.45, 7) is 0.781. The van der Waals surface area contributed by atoms with Crippen LogP contribution >= 0.6 is 0 Å². The summed E-state index contributed by atoms with van der Waals surface area (Å²) in [7, 11) is 1.89. The highest BCUT2D eigenvalue weighted by Gasteiger charge is 1.98. The predicted molar refractivity (Wildman–Crippen MR) is 44.5 cm³/mol. The lowest BCUT2D eigenvalue weighted by Gasteiger charge is -2.00. The highest BCUT2D eigenvalue weighted by atomic mass is 15.3. The molecule has 0 amide bonds. The zero-order chi connectivity index (χ0) is 8.39. The molecule has 2 aromatic heterocycles. The molecule has 0 spiro atoms. The third kappa shape index (κ3) is 1.23. The smallest absolute Gasteiger partial charge is 0.146 e. The molecule has 2 rings (SSSR count). The van der Waals surface area contributed by atoms with Crippen molar-refractivity contribution in [2.75, 3.05) is 0 Å². The van der Waals surface area contributed by atoms with Crippen molar-refractivity contribution < 1.29 is 0 Å². The fraction of sp³-hybridized carbons (Fsp3) is 0.250. The molecule has 0 unspecified atom stereocenters. The summed E-state index contributed by atoms with van der Waals surface area (Å²) in [6, 6.07) is 3.99. The molecule has 2 heterocycles. The summed E-state index contributed by atoms with van der Waals surface area (Å²) >= 11 is 0. The van der Waals surface area contributed by atoms with Crippen LogP contribution in [0.5, 0.6) is 0 Å². The topological polar surface area (TPSA) is 35.6 Å². The van der Waals surface area contributed by atoms with E-state index in [-0.39, 0.29) is 0 Å². The molecule has 0 N–H and O–H groups in total. The summed E-state index contributed by atoms with van der Waals surface area (Å²) in [5.74, 6) is 0.964. The molecule has 4 heteroatoms. The third-order valence-electron chi connectivity index (χ3n) is 1.80. The zero-order valence-corrected chi connectivity index (χ0v) is 6.88. The van der Waals surface area contributed by atoms with Gasteiger partial charge in [0.15, 0.2) is 0 Å². The van der Waals surface area contributed by atoms with Gasteiger partial charge in [0.1, 0.15) is 12.2 Å². The van der Waals surface area contributed by atoms with Gasteiger partial charge in [0.2, 0.25) is 0 Å². The second kappa shape index (κ2) is 2.81. The molecule has 0 fully saturated rings. The zero-order valence-electron chi connectivity index (χ0n) is 6.88. The Bertz CT molecular complexity index is 347. The van der Waals surface area contributed by atoms with Crippen LogP contribution in [0.2, 0.25) is 0 Å². The van der Waals surface area contributed by atoms with Crippen LogP contribution in [-0.4, -0.2) is 19.3 Å². The SMILES string of the molecule is Cn1ncnc1Cn1cccc1. The number of rotatable bonds is 2. The number of hydrogen-bond acceptors (Lipinski definition) is 2. The first-order valence-corrected chi connectivity index (χ1v) is 3.80. The fourth-order valence-electron chi connectivity index (χ4n) is 1.10. The van der Waals surface area contributed by atoms with Gasteiger partial charge in [-0.3, -0.25) is 4.68 Å². The quantitative estimate of drug-likeness (QED) is 0.650. The summed E-state index contributed by atoms with van der Waals surface area (Å²) in [5.41, 5.74) is 0. The van der Waals surface area contributed by atoms with Crippen molar-refractivity contribution in [2.24, 2.45) is 7.05 Å². The molecule has 0 saturated heterocycles. The first kappa shape index (κ1) is 7.09. The molecule has 0 atom stereocenters. The molecule has 12 heavy (non-hydrogen) atoms. The maximum atomic E-state index is 4.12. The molecule has 0 aliphatic rings. The molecule has 4 nitrogen and oxygen atoms in total. The molecule has 2 aromatic rings. The second-order valence-electron chi connectivity index (χ2n) is 2.66. The largest absolute Gasteiger partial charge is 0.347 e. The van der Waals surface area contributed by atoms with E-state index in [9.17, 15) is 0 Å². The van der Waals surface area contributed by atoms with Crippen LogP contribution in [0.1, 0.15) is 5.82 Å². The van der Waals surface area contributed by atoms with E-state index < -0.39 is 0 Å². The number of aryl methyl sites for hydroxylation is 1. The molecule has 0 radical (unpaired) electrons. The van der Waals surface area contributed by atoms with Crippen LogP contribution in [0.15, 0.2) is 30.9 Å². The van der Waals surface area contributed by atoms with Gasteiger partial charge in [-0.05, 0) is 12.1 Å². The molecular weight excluding hydrogens is 152 g/mol. The van der Waals surface area contributed by atoms with Crippen LogP contribution in [0.3, 0.4) is 0 Å². The standard InChI is InChI=1S/C8H10N4/c1-11-8(9-7-10-11)6-12-4-2-3-5-12/h2-5,7H,6H2,1H3. The Balaban J connectivity index is 2.20. The molecular formula is C8H10N4. The molecule has 0 bridgehead atoms. The Morgan fingerprint density at radius 1 is 1.33 bits per heavy atom. The van der Waals surface area contributed by atoms with E-state index in [4.69, 9.17) is 0 Å². The Morgan fingerprint density at radius 2 is 2.08 bits per heavy atom. The van der Waals surface area contributed by atoms with Gasteiger partial charge in [-0.1, -0.05) is 0 Å². The van der Waals surface area contributed by atoms with Crippen LogP contribution in [-0.2, 0) is 13.6 Å². The molecule has 0 aliphatic heterocycles. The van der Waals surface area contributed by atoms with Crippen molar-refractivity contribution in [3.63, 3.8) is 0 Å². The fourth-order valence-corrected chi connectivity index (χ4v) is 1.10. The van der Waals surface area contributed by atoms with E-state index in [1.54, 1.807) is 11.0 Å². The average Bonchev–Trinajstić information content (AvgIpc) is 2.65. The summed E-state index contributed by atoms with van der Waals surface area (Å²) < 4.78 is 3.84. The van der Waals surface area contributed by atoms with E-state index in [0.717, 1.165) is 12.4 Å². The minimum Gasteiger partial charge on any atom is -0.347 e. The molecule has 62 valence electrons. The van der Waals surface area contributed by atoms with E-state index in [1.165, 1.54) is 0 Å². The number of hydrogen-bond donors (Lipinski definition) is 0. The van der Waals surface area contributed by atoms with Gasteiger partial charge in [0, 0.05) is 19.4 Å². The highest BCUT2D eigenvalue weighted by Crippen LogP contribution is 1.96. The van der Waals surface area contributed by atoms with Crippen LogP contribution < -0.4 is 0 Å². The van der Waals surface area contributed by atoms with Crippen LogP contribution in [0, 0.1) is 0 Å². The van der Waals surface area contributed by atoms with Gasteiger partial charge in [0.05, 0.1) is 6.54 Å². The van der Waals surface area contributed by atoms with Gasteiger partial charge >= 0.3 is 0 Å². The Kier molecular flexibility index (Phi) is 1.66. The van der Waals surface area contributed by atoms with E-state index in [2.05, 4.69) is 14.6 Å². The average molecular weight is 162 g/mol. The van der Waals surface area contributed by atoms with Crippen molar-refractivity contribution in [3.05, 3.63) is 36.7 Å². The van der Waals surface area contributed by atoms with E-state index in [0.29, 0.717) is 0 Å².